The van der Waals surface area contributed by atoms with Crippen LogP contribution in [0.3, 0.4) is 0 Å². The lowest BCUT2D eigenvalue weighted by Gasteiger charge is -2.07. The van der Waals surface area contributed by atoms with Gasteiger partial charge in [0.05, 0.1) is 23.9 Å². The number of rotatable bonds is 12. The summed E-state index contributed by atoms with van der Waals surface area (Å²) < 4.78 is 30.0. The number of nitrogens with zero attached hydrogens (tertiary/aromatic N) is 3. The molecule has 1 N–H and O–H groups in total. The van der Waals surface area contributed by atoms with Crippen molar-refractivity contribution < 1.29 is 22.7 Å². The third-order valence-electron chi connectivity index (χ3n) is 4.38. The second-order valence-electron chi connectivity index (χ2n) is 6.71. The summed E-state index contributed by atoms with van der Waals surface area (Å²) >= 11 is 0. The van der Waals surface area contributed by atoms with E-state index in [0.717, 1.165) is 5.56 Å². The van der Waals surface area contributed by atoms with E-state index in [4.69, 9.17) is 10.3 Å². The van der Waals surface area contributed by atoms with Gasteiger partial charge in [0.2, 0.25) is 0 Å². The smallest absolute Gasteiger partial charge is 0.251 e. The molecule has 164 valence electrons. The number of Topliss-reactive ketones (excluding diaryl/α,β-unsaturated/α-hetero) is 1. The molecule has 1 amide bonds. The molecule has 2 rings (SSSR count). The quantitative estimate of drug-likeness (QED) is 0.176. The van der Waals surface area contributed by atoms with Crippen molar-refractivity contribution in [1.29, 1.82) is 0 Å². The number of aryl methyl sites for hydroxylation is 1. The predicted molar refractivity (Wildman–Crippen MR) is 116 cm³/mol. The lowest BCUT2D eigenvalue weighted by Crippen LogP contribution is -2.27. The van der Waals surface area contributed by atoms with Gasteiger partial charge in [-0.25, -0.2) is 8.42 Å². The van der Waals surface area contributed by atoms with Crippen molar-refractivity contribution in [2.75, 3.05) is 32.1 Å². The number of hydrogen-bond acceptors (Lipinski definition) is 6. The molecule has 0 atom stereocenters. The second-order valence-corrected chi connectivity index (χ2v) is 8.81. The summed E-state index contributed by atoms with van der Waals surface area (Å²) in [6.45, 7) is 2.93. The maximum absolute atomic E-state index is 12.4. The van der Waals surface area contributed by atoms with Crippen LogP contribution in [0.4, 0.5) is 0 Å². The molecule has 0 saturated carbocycles. The van der Waals surface area contributed by atoms with E-state index in [2.05, 4.69) is 15.3 Å². The molecule has 0 unspecified atom stereocenters. The number of ketones is 1. The number of amides is 1. The predicted octanol–water partition coefficient (Wildman–Crippen LogP) is 3.10. The first-order chi connectivity index (χ1) is 14.8. The van der Waals surface area contributed by atoms with Crippen molar-refractivity contribution in [3.05, 3.63) is 75.7 Å². The van der Waals surface area contributed by atoms with Gasteiger partial charge in [0.15, 0.2) is 15.6 Å². The average Bonchev–Trinajstić information content (AvgIpc) is 2.77. The van der Waals surface area contributed by atoms with Crippen molar-refractivity contribution in [2.45, 2.75) is 18.2 Å². The molecule has 31 heavy (non-hydrogen) atoms. The highest BCUT2D eigenvalue weighted by molar-refractivity contribution is 7.91. The third kappa shape index (κ3) is 7.86. The number of carbonyl (C=O) groups is 2. The van der Waals surface area contributed by atoms with Gasteiger partial charge in [-0.05, 0) is 36.7 Å². The maximum atomic E-state index is 12.4. The molecule has 2 aromatic rings. The van der Waals surface area contributed by atoms with Crippen molar-refractivity contribution in [3.63, 3.8) is 0 Å². The Hall–Kier alpha value is -3.20. The van der Waals surface area contributed by atoms with Gasteiger partial charge < -0.3 is 10.1 Å². The van der Waals surface area contributed by atoms with Crippen LogP contribution in [0, 0.1) is 6.92 Å². The fourth-order valence-electron chi connectivity index (χ4n) is 2.63. The fraction of sp³-hybridized carbons (Fsp3) is 0.333. The molecule has 0 saturated heterocycles. The molecular weight excluding hydrogens is 420 g/mol. The van der Waals surface area contributed by atoms with Crippen molar-refractivity contribution in [2.24, 2.45) is 5.11 Å². The van der Waals surface area contributed by atoms with Gasteiger partial charge in [0.1, 0.15) is 0 Å². The van der Waals surface area contributed by atoms with E-state index in [9.17, 15) is 18.0 Å². The minimum absolute atomic E-state index is 0.144. The van der Waals surface area contributed by atoms with Crippen LogP contribution >= 0.6 is 0 Å². The summed E-state index contributed by atoms with van der Waals surface area (Å²) in [5.41, 5.74) is 9.81. The minimum Gasteiger partial charge on any atom is -0.379 e. The summed E-state index contributed by atoms with van der Waals surface area (Å²) in [4.78, 5) is 27.3. The lowest BCUT2D eigenvalue weighted by molar-refractivity contribution is 0.0918. The number of sulfone groups is 1. The third-order valence-corrected chi connectivity index (χ3v) is 6.11. The fourth-order valence-corrected chi connectivity index (χ4v) is 3.87. The summed E-state index contributed by atoms with van der Waals surface area (Å²) in [7, 11) is -3.54. The van der Waals surface area contributed by atoms with Crippen molar-refractivity contribution in [3.8, 4) is 0 Å². The zero-order valence-corrected chi connectivity index (χ0v) is 18.0. The highest BCUT2D eigenvalue weighted by atomic mass is 32.2. The Morgan fingerprint density at radius 3 is 2.32 bits per heavy atom. The first-order valence-corrected chi connectivity index (χ1v) is 11.3. The van der Waals surface area contributed by atoms with Gasteiger partial charge in [-0.15, -0.1) is 0 Å². The van der Waals surface area contributed by atoms with Crippen LogP contribution in [0.15, 0.2) is 58.5 Å². The van der Waals surface area contributed by atoms with E-state index in [0.29, 0.717) is 11.1 Å². The summed E-state index contributed by atoms with van der Waals surface area (Å²) in [6.07, 6.45) is -0.144. The zero-order chi connectivity index (χ0) is 22.7. The van der Waals surface area contributed by atoms with Gasteiger partial charge in [-0.3, -0.25) is 9.59 Å². The molecule has 0 heterocycles. The average molecular weight is 445 g/mol. The Labute approximate surface area is 181 Å². The SMILES string of the molecule is Cc1ccc(S(=O)(=O)CCC(=O)c2ccc(C(=O)NCCOCCN=[N+]=[N-])cc2)cc1. The number of azide groups is 1. The zero-order valence-electron chi connectivity index (χ0n) is 17.2. The van der Waals surface area contributed by atoms with E-state index in [1.54, 1.807) is 12.1 Å². The highest BCUT2D eigenvalue weighted by Crippen LogP contribution is 2.15. The molecule has 0 spiro atoms. The van der Waals surface area contributed by atoms with Gasteiger partial charge in [-0.2, -0.15) is 0 Å². The van der Waals surface area contributed by atoms with Crippen molar-refractivity contribution in [1.82, 2.24) is 5.32 Å². The van der Waals surface area contributed by atoms with Crippen LogP contribution in [0.2, 0.25) is 0 Å². The molecule has 0 fully saturated rings. The maximum Gasteiger partial charge on any atom is 0.251 e. The molecule has 0 radical (unpaired) electrons. The van der Waals surface area contributed by atoms with Gasteiger partial charge >= 0.3 is 0 Å². The Balaban J connectivity index is 1.82. The Kier molecular flexibility index (Phi) is 9.20. The first-order valence-electron chi connectivity index (χ1n) is 9.63. The highest BCUT2D eigenvalue weighted by Gasteiger charge is 2.17. The summed E-state index contributed by atoms with van der Waals surface area (Å²) in [5.74, 6) is -0.910. The van der Waals surface area contributed by atoms with Gasteiger partial charge in [-0.1, -0.05) is 34.9 Å². The molecule has 10 heteroatoms. The molecule has 0 aliphatic heterocycles. The molecule has 0 bridgehead atoms. The molecule has 0 aliphatic rings. The Morgan fingerprint density at radius 2 is 1.68 bits per heavy atom. The first kappa shape index (κ1) is 24.1. The van der Waals surface area contributed by atoms with E-state index in [1.807, 2.05) is 6.92 Å². The van der Waals surface area contributed by atoms with Gasteiger partial charge in [0, 0.05) is 35.5 Å². The Morgan fingerprint density at radius 1 is 1.03 bits per heavy atom. The number of hydrogen-bond donors (Lipinski definition) is 1. The van der Waals surface area contributed by atoms with E-state index in [1.165, 1.54) is 36.4 Å². The second kappa shape index (κ2) is 11.8. The van der Waals surface area contributed by atoms with Crippen LogP contribution < -0.4 is 5.32 Å². The van der Waals surface area contributed by atoms with Crippen LogP contribution in [0.1, 0.15) is 32.7 Å². The molecule has 0 aliphatic carbocycles. The molecule has 0 aromatic heterocycles. The number of benzene rings is 2. The largest absolute Gasteiger partial charge is 0.379 e. The van der Waals surface area contributed by atoms with Gasteiger partial charge in [0.25, 0.3) is 5.91 Å². The monoisotopic (exact) mass is 444 g/mol. The van der Waals surface area contributed by atoms with Crippen molar-refractivity contribution >= 4 is 21.5 Å². The number of nitrogens with one attached hydrogen (secondary N) is 1. The van der Waals surface area contributed by atoms with Crippen LogP contribution in [0.5, 0.6) is 0 Å². The molecule has 9 nitrogen and oxygen atoms in total. The van der Waals surface area contributed by atoms with E-state index < -0.39 is 9.84 Å². The van der Waals surface area contributed by atoms with E-state index in [-0.39, 0.29) is 55.1 Å². The molecule has 2 aromatic carbocycles. The normalized spacial score (nSPS) is 10.9. The van der Waals surface area contributed by atoms with E-state index >= 15 is 0 Å². The topological polar surface area (TPSA) is 138 Å². The minimum atomic E-state index is -3.54. The number of carbonyl (C=O) groups excluding carboxylic acids is 2. The number of ether oxygens (including phenoxy) is 1. The standard InChI is InChI=1S/C21H24N4O5S/c1-16-2-8-19(9-3-16)31(28,29)15-10-20(26)17-4-6-18(7-5-17)21(27)23-11-13-30-14-12-24-25-22/h2-9H,10-15H2,1H3,(H,23,27). The lowest BCUT2D eigenvalue weighted by atomic mass is 10.1. The Bertz CT molecular complexity index is 1040. The van der Waals surface area contributed by atoms with Crippen LogP contribution in [0.25, 0.3) is 10.4 Å². The summed E-state index contributed by atoms with van der Waals surface area (Å²) in [5, 5.41) is 6.00. The van der Waals surface area contributed by atoms with Crippen LogP contribution in [-0.2, 0) is 14.6 Å². The summed E-state index contributed by atoms with van der Waals surface area (Å²) in [6, 6.07) is 12.5. The molecular formula is C21H24N4O5S. The van der Waals surface area contributed by atoms with Crippen LogP contribution in [-0.4, -0.2) is 52.2 Å².